The Morgan fingerprint density at radius 1 is 0.526 bits per heavy atom. The third-order valence-electron chi connectivity index (χ3n) is 7.74. The van der Waals surface area contributed by atoms with Crippen molar-refractivity contribution in [3.05, 3.63) is 106 Å². The van der Waals surface area contributed by atoms with Crippen LogP contribution in [-0.2, 0) is 20.2 Å². The summed E-state index contributed by atoms with van der Waals surface area (Å²) in [6.45, 7) is 2.64. The fourth-order valence-corrected chi connectivity index (χ4v) is 6.25. The lowest BCUT2D eigenvalue weighted by molar-refractivity contribution is 0.103. The molecule has 0 aliphatic heterocycles. The van der Waals surface area contributed by atoms with Gasteiger partial charge in [-0.15, -0.1) is 0 Å². The second-order valence-electron chi connectivity index (χ2n) is 10.0. The molecule has 4 aliphatic carbocycles. The van der Waals surface area contributed by atoms with Crippen LogP contribution in [0.25, 0.3) is 21.9 Å². The van der Waals surface area contributed by atoms with Crippen LogP contribution in [0.1, 0.15) is 45.7 Å². The molecule has 0 fully saturated rings. The van der Waals surface area contributed by atoms with Crippen LogP contribution in [-0.4, -0.2) is 47.0 Å². The molecule has 0 amide bonds. The Labute approximate surface area is 218 Å². The second-order valence-corrected chi connectivity index (χ2v) is 13.7. The van der Waals surface area contributed by atoms with E-state index in [0.717, 1.165) is 0 Å². The number of carbonyl (C=O) groups is 2. The van der Waals surface area contributed by atoms with Gasteiger partial charge < -0.3 is 0 Å². The van der Waals surface area contributed by atoms with Crippen LogP contribution >= 0.6 is 0 Å². The fraction of sp³-hybridized carbons (Fsp3) is 0.143. The molecule has 0 aromatic heterocycles. The normalized spacial score (nSPS) is 26.0. The minimum atomic E-state index is -4.52. The molecule has 4 aliphatic rings. The van der Waals surface area contributed by atoms with Crippen LogP contribution in [0.15, 0.2) is 84.0 Å². The highest BCUT2D eigenvalue weighted by Gasteiger charge is 2.39. The summed E-state index contributed by atoms with van der Waals surface area (Å²) >= 11 is 0. The Kier molecular flexibility index (Phi) is 4.83. The Morgan fingerprint density at radius 2 is 0.816 bits per heavy atom. The van der Waals surface area contributed by atoms with Crippen LogP contribution < -0.4 is 0 Å². The molecular formula is C28H20O8S2. The number of ketones is 2. The van der Waals surface area contributed by atoms with E-state index >= 15 is 0 Å². The number of fused-ring (bicyclic) bond motifs is 2. The molecule has 2 aromatic rings. The van der Waals surface area contributed by atoms with Crippen LogP contribution in [0.5, 0.6) is 0 Å². The minimum absolute atomic E-state index is 0.257. The summed E-state index contributed by atoms with van der Waals surface area (Å²) < 4.78 is 64.2. The Bertz CT molecular complexity index is 1820. The number of allylic oxidation sites excluding steroid dienone is 8. The molecule has 8 nitrogen and oxygen atoms in total. The smallest absolute Gasteiger partial charge is 0.277 e. The lowest BCUT2D eigenvalue weighted by Crippen LogP contribution is -2.30. The maximum atomic E-state index is 13.6. The summed E-state index contributed by atoms with van der Waals surface area (Å²) in [7, 11) is -9.04. The summed E-state index contributed by atoms with van der Waals surface area (Å²) in [4.78, 5) is 27.2. The van der Waals surface area contributed by atoms with Crippen LogP contribution in [0.4, 0.5) is 0 Å². The quantitative estimate of drug-likeness (QED) is 0.530. The van der Waals surface area contributed by atoms with Gasteiger partial charge in [-0.3, -0.25) is 18.7 Å². The van der Waals surface area contributed by atoms with Gasteiger partial charge in [-0.1, -0.05) is 60.7 Å². The average Bonchev–Trinajstić information content (AvgIpc) is 3.14. The molecule has 192 valence electrons. The molecular weight excluding hydrogens is 528 g/mol. The summed E-state index contributed by atoms with van der Waals surface area (Å²) in [5.41, 5.74) is 3.32. The minimum Gasteiger partial charge on any atom is -0.289 e. The number of hydrogen-bond acceptors (Lipinski definition) is 6. The van der Waals surface area contributed by atoms with E-state index in [1.54, 1.807) is 24.3 Å². The lowest BCUT2D eigenvalue weighted by Gasteiger charge is -2.26. The first kappa shape index (κ1) is 24.6. The third-order valence-corrected chi connectivity index (χ3v) is 10.5. The van der Waals surface area contributed by atoms with Crippen molar-refractivity contribution in [2.45, 2.75) is 23.3 Å². The van der Waals surface area contributed by atoms with Gasteiger partial charge in [0.1, 0.15) is 9.49 Å². The molecule has 2 aromatic carbocycles. The Morgan fingerprint density at radius 3 is 1.13 bits per heavy atom. The van der Waals surface area contributed by atoms with E-state index in [2.05, 4.69) is 0 Å². The molecule has 10 heteroatoms. The number of carbonyl (C=O) groups excluding carboxylic acids is 2. The first-order valence-electron chi connectivity index (χ1n) is 11.6. The fourth-order valence-electron chi connectivity index (χ4n) is 5.29. The van der Waals surface area contributed by atoms with E-state index < -0.39 is 29.7 Å². The molecule has 0 bridgehead atoms. The van der Waals surface area contributed by atoms with Crippen LogP contribution in [0.3, 0.4) is 0 Å². The first-order chi connectivity index (χ1) is 17.7. The van der Waals surface area contributed by atoms with E-state index in [0.29, 0.717) is 44.2 Å². The zero-order chi connectivity index (χ0) is 27.4. The third kappa shape index (κ3) is 3.15. The van der Waals surface area contributed by atoms with Gasteiger partial charge in [0.05, 0.1) is 0 Å². The van der Waals surface area contributed by atoms with Gasteiger partial charge in [0, 0.05) is 33.0 Å². The zero-order valence-electron chi connectivity index (χ0n) is 20.1. The molecule has 38 heavy (non-hydrogen) atoms. The maximum Gasteiger partial charge on any atom is 0.277 e. The van der Waals surface area contributed by atoms with Crippen molar-refractivity contribution in [1.29, 1.82) is 0 Å². The van der Waals surface area contributed by atoms with Crippen molar-refractivity contribution < 1.29 is 35.5 Å². The average molecular weight is 549 g/mol. The van der Waals surface area contributed by atoms with Gasteiger partial charge in [0.2, 0.25) is 0 Å². The highest BCUT2D eigenvalue weighted by Crippen LogP contribution is 2.47. The van der Waals surface area contributed by atoms with Crippen LogP contribution in [0, 0.1) is 0 Å². The van der Waals surface area contributed by atoms with Crippen molar-refractivity contribution in [2.24, 2.45) is 0 Å². The summed E-state index contributed by atoms with van der Waals surface area (Å²) in [6, 6.07) is 6.66. The van der Waals surface area contributed by atoms with Crippen molar-refractivity contribution in [2.75, 3.05) is 0 Å². The Balaban J connectivity index is 1.63. The highest BCUT2D eigenvalue weighted by molar-refractivity contribution is 7.87. The summed E-state index contributed by atoms with van der Waals surface area (Å²) in [6.07, 6.45) is 10.9. The standard InChI is InChI=1S/C28H20O8S2/c1-27(37(31,32)33)11-7-15-17-3-5-22-24-18(4-6-21(23(17)24)25(29)19(15)9-13-27)16-8-12-28(2,38(34,35)36)14-10-20(16)26(22)30/h3-14H,1-2H3,(H,31,32,33)(H,34,35,36). The van der Waals surface area contributed by atoms with Gasteiger partial charge >= 0.3 is 0 Å². The van der Waals surface area contributed by atoms with E-state index in [-0.39, 0.29) is 22.7 Å². The van der Waals surface area contributed by atoms with Crippen molar-refractivity contribution in [1.82, 2.24) is 0 Å². The van der Waals surface area contributed by atoms with Gasteiger partial charge in [0.25, 0.3) is 20.2 Å². The van der Waals surface area contributed by atoms with Crippen molar-refractivity contribution in [3.63, 3.8) is 0 Å². The monoisotopic (exact) mass is 548 g/mol. The summed E-state index contributed by atoms with van der Waals surface area (Å²) in [5.74, 6) is -0.724. The van der Waals surface area contributed by atoms with Crippen LogP contribution in [0.2, 0.25) is 0 Å². The highest BCUT2D eigenvalue weighted by atomic mass is 32.2. The van der Waals surface area contributed by atoms with Crippen molar-refractivity contribution >= 4 is 53.7 Å². The van der Waals surface area contributed by atoms with Gasteiger partial charge in [-0.2, -0.15) is 16.8 Å². The molecule has 2 unspecified atom stereocenters. The first-order valence-corrected chi connectivity index (χ1v) is 14.4. The van der Waals surface area contributed by atoms with E-state index in [9.17, 15) is 35.5 Å². The molecule has 0 saturated carbocycles. The van der Waals surface area contributed by atoms with Gasteiger partial charge in [-0.25, -0.2) is 0 Å². The van der Waals surface area contributed by atoms with E-state index in [1.165, 1.54) is 62.5 Å². The largest absolute Gasteiger partial charge is 0.289 e. The Hall–Kier alpha value is -3.70. The molecule has 2 N–H and O–H groups in total. The molecule has 0 heterocycles. The maximum absolute atomic E-state index is 13.6. The molecule has 0 saturated heterocycles. The SMILES string of the molecule is CC1(S(=O)(=O)O)C=CC2=C(C=C1)c1ccc3c4c(ccc(c14)C2=O)C1=C(C=CC(C)(S(=O)(=O)O)C=C1)C3=O. The number of rotatable bonds is 2. The van der Waals surface area contributed by atoms with E-state index in [4.69, 9.17) is 0 Å². The summed E-state index contributed by atoms with van der Waals surface area (Å²) in [5, 5.41) is 1.05. The molecule has 6 rings (SSSR count). The predicted molar refractivity (Wildman–Crippen MR) is 143 cm³/mol. The molecule has 0 radical (unpaired) electrons. The van der Waals surface area contributed by atoms with Gasteiger partial charge in [-0.05, 0) is 48.3 Å². The topological polar surface area (TPSA) is 143 Å². The lowest BCUT2D eigenvalue weighted by atomic mass is 9.75. The van der Waals surface area contributed by atoms with E-state index in [1.807, 2.05) is 0 Å². The number of Topliss-reactive ketones (excluding diaryl/α,β-unsaturated/α-hetero) is 2. The molecule has 2 atom stereocenters. The predicted octanol–water partition coefficient (Wildman–Crippen LogP) is 4.28. The number of benzene rings is 2. The van der Waals surface area contributed by atoms with Crippen molar-refractivity contribution in [3.8, 4) is 0 Å². The number of hydrogen-bond donors (Lipinski definition) is 2. The second kappa shape index (κ2) is 7.45. The van der Waals surface area contributed by atoms with Gasteiger partial charge in [0.15, 0.2) is 11.6 Å². The molecule has 0 spiro atoms. The zero-order valence-corrected chi connectivity index (χ0v) is 21.7.